The smallest absolute Gasteiger partial charge is 0.266 e. The summed E-state index contributed by atoms with van der Waals surface area (Å²) in [5.74, 6) is 0. The van der Waals surface area contributed by atoms with Crippen LogP contribution < -0.4 is 0 Å². The van der Waals surface area contributed by atoms with Crippen molar-refractivity contribution in [1.29, 1.82) is 0 Å². The predicted octanol–water partition coefficient (Wildman–Crippen LogP) is 3.01. The molecule has 0 bridgehead atoms. The summed E-state index contributed by atoms with van der Waals surface area (Å²) in [5, 5.41) is 0. The van der Waals surface area contributed by atoms with Crippen molar-refractivity contribution in [2.75, 3.05) is 0 Å². The molecule has 0 aliphatic carbocycles. The average Bonchev–Trinajstić information content (AvgIpc) is 2.17. The number of hydrogen-bond donors (Lipinski definition) is 0. The minimum Gasteiger partial charge on any atom is -0.266 e. The largest absolute Gasteiger partial charge is 0.659 e. The van der Waals surface area contributed by atoms with E-state index in [1.807, 2.05) is 0 Å². The van der Waals surface area contributed by atoms with E-state index in [0.29, 0.717) is 0 Å². The Kier molecular flexibility index (Phi) is 3.63. The van der Waals surface area contributed by atoms with Crippen molar-refractivity contribution >= 4 is 16.8 Å². The average molecular weight is 258 g/mol. The first-order chi connectivity index (χ1) is 6.89. The van der Waals surface area contributed by atoms with Crippen LogP contribution in [0.25, 0.3) is 0 Å². The van der Waals surface area contributed by atoms with E-state index in [0.717, 1.165) is 0 Å². The summed E-state index contributed by atoms with van der Waals surface area (Å²) in [6.07, 6.45) is 0. The number of hydrogen-bond acceptors (Lipinski definition) is 1. The minimum atomic E-state index is -6.72. The quantitative estimate of drug-likeness (QED) is 0.458. The fourth-order valence-corrected chi connectivity index (χ4v) is 3.61. The van der Waals surface area contributed by atoms with E-state index in [-0.39, 0.29) is 5.56 Å². The Hall–Kier alpha value is -0.736. The summed E-state index contributed by atoms with van der Waals surface area (Å²) >= 11 is 0. The van der Waals surface area contributed by atoms with E-state index in [9.17, 15) is 21.0 Å². The van der Waals surface area contributed by atoms with Gasteiger partial charge in [-0.05, 0) is 5.56 Å². The van der Waals surface area contributed by atoms with Crippen LogP contribution >= 0.6 is 0 Å². The molecular formula is C7H7F5OSi2. The summed E-state index contributed by atoms with van der Waals surface area (Å²) in [5.41, 5.74) is 0.0918. The molecule has 1 nitrogen and oxygen atoms in total. The van der Waals surface area contributed by atoms with Gasteiger partial charge in [0.25, 0.3) is 0 Å². The molecule has 84 valence electrons. The van der Waals surface area contributed by atoms with Gasteiger partial charge in [0.2, 0.25) is 0 Å². The Labute approximate surface area is 85.0 Å². The Morgan fingerprint density at radius 1 is 1.00 bits per heavy atom. The molecule has 0 radical (unpaired) electrons. The molecule has 1 aromatic carbocycles. The predicted molar refractivity (Wildman–Crippen MR) is 48.3 cm³/mol. The second kappa shape index (κ2) is 4.41. The van der Waals surface area contributed by atoms with Crippen LogP contribution in [0, 0.1) is 0 Å². The first-order valence-corrected chi connectivity index (χ1v) is 8.61. The van der Waals surface area contributed by atoms with Crippen LogP contribution in [0.15, 0.2) is 30.3 Å². The second-order valence-electron chi connectivity index (χ2n) is 2.97. The van der Waals surface area contributed by atoms with E-state index in [2.05, 4.69) is 4.63 Å². The van der Waals surface area contributed by atoms with Crippen LogP contribution in [0.2, 0.25) is 0 Å². The van der Waals surface area contributed by atoms with E-state index >= 15 is 0 Å². The van der Waals surface area contributed by atoms with E-state index in [1.54, 1.807) is 6.07 Å². The van der Waals surface area contributed by atoms with Crippen LogP contribution in [0.1, 0.15) is 5.56 Å². The molecule has 1 atom stereocenters. The lowest BCUT2D eigenvalue weighted by Gasteiger charge is -2.16. The van der Waals surface area contributed by atoms with Gasteiger partial charge in [-0.1, -0.05) is 34.9 Å². The second-order valence-corrected chi connectivity index (χ2v) is 9.87. The summed E-state index contributed by atoms with van der Waals surface area (Å²) in [6, 6.07) is 6.09. The lowest BCUT2D eigenvalue weighted by atomic mass is 10.2. The van der Waals surface area contributed by atoms with Crippen molar-refractivity contribution in [2.45, 2.75) is 6.04 Å². The molecule has 1 aromatic rings. The fourth-order valence-electron chi connectivity index (χ4n) is 1.03. The van der Waals surface area contributed by atoms with Crippen molar-refractivity contribution < 1.29 is 25.6 Å². The molecule has 15 heavy (non-hydrogen) atoms. The third-order valence-electron chi connectivity index (χ3n) is 1.82. The summed E-state index contributed by atoms with van der Waals surface area (Å²) in [6.45, 7) is 0. The Bertz CT molecular complexity index is 317. The number of halogens is 5. The maximum absolute atomic E-state index is 13.2. The molecule has 0 saturated heterocycles. The Morgan fingerprint density at radius 3 is 1.93 bits per heavy atom. The maximum atomic E-state index is 13.2. The van der Waals surface area contributed by atoms with E-state index < -0.39 is 22.8 Å². The molecule has 1 rings (SSSR count). The molecule has 0 amide bonds. The Balaban J connectivity index is 2.87. The summed E-state index contributed by atoms with van der Waals surface area (Å²) in [4.78, 5) is 0. The topological polar surface area (TPSA) is 9.23 Å². The molecule has 0 saturated carbocycles. The van der Waals surface area contributed by atoms with Gasteiger partial charge in [0.05, 0.1) is 0 Å². The van der Waals surface area contributed by atoms with E-state index in [4.69, 9.17) is 0 Å². The molecule has 0 fully saturated rings. The van der Waals surface area contributed by atoms with Gasteiger partial charge in [-0.25, -0.2) is 12.3 Å². The highest BCUT2D eigenvalue weighted by atomic mass is 29.3. The third-order valence-corrected chi connectivity index (χ3v) is 7.08. The van der Waals surface area contributed by atoms with Gasteiger partial charge in [-0.3, -0.25) is 4.11 Å². The normalized spacial score (nSPS) is 16.1. The van der Waals surface area contributed by atoms with Crippen molar-refractivity contribution in [3.05, 3.63) is 35.9 Å². The zero-order valence-corrected chi connectivity index (χ0v) is 9.39. The minimum absolute atomic E-state index is 0.0918. The summed E-state index contributed by atoms with van der Waals surface area (Å²) < 4.78 is 64.3. The van der Waals surface area contributed by atoms with Crippen molar-refractivity contribution in [3.63, 3.8) is 0 Å². The SMILES string of the molecule is FO[Si](F)(Cc1ccccc1)[Si](F)(F)F. The fraction of sp³-hybridized carbons (Fsp3) is 0.143. The maximum Gasteiger partial charge on any atom is 0.659 e. The van der Waals surface area contributed by atoms with Gasteiger partial charge < -0.3 is 0 Å². The third kappa shape index (κ3) is 2.86. The number of benzene rings is 1. The first kappa shape index (κ1) is 12.3. The molecule has 0 N–H and O–H groups in total. The number of rotatable bonds is 4. The lowest BCUT2D eigenvalue weighted by molar-refractivity contribution is -0.0327. The zero-order chi connectivity index (χ0) is 11.5. The van der Waals surface area contributed by atoms with Crippen molar-refractivity contribution in [3.8, 4) is 0 Å². The lowest BCUT2D eigenvalue weighted by Crippen LogP contribution is -2.54. The molecule has 0 spiro atoms. The van der Waals surface area contributed by atoms with Gasteiger partial charge in [-0.15, -0.1) is 0 Å². The standard InChI is InChI=1S/C7H7F5OSi2/c8-13-14(9,15(10,11)12)6-7-4-2-1-3-5-7/h1-5H,6H2. The highest BCUT2D eigenvalue weighted by Gasteiger charge is 2.70. The van der Waals surface area contributed by atoms with Gasteiger partial charge in [0, 0.05) is 6.04 Å². The van der Waals surface area contributed by atoms with Crippen LogP contribution in [0.3, 0.4) is 0 Å². The van der Waals surface area contributed by atoms with Crippen LogP contribution in [-0.4, -0.2) is 16.8 Å². The van der Waals surface area contributed by atoms with Crippen LogP contribution in [0.5, 0.6) is 0 Å². The Morgan fingerprint density at radius 2 is 1.53 bits per heavy atom. The monoisotopic (exact) mass is 258 g/mol. The van der Waals surface area contributed by atoms with Crippen LogP contribution in [-0.2, 0) is 10.7 Å². The highest BCUT2D eigenvalue weighted by molar-refractivity contribution is 7.27. The molecular weight excluding hydrogens is 251 g/mol. The highest BCUT2D eigenvalue weighted by Crippen LogP contribution is 2.29. The zero-order valence-electron chi connectivity index (χ0n) is 7.39. The molecule has 8 heteroatoms. The molecule has 1 unspecified atom stereocenters. The van der Waals surface area contributed by atoms with Crippen LogP contribution in [0.4, 0.5) is 21.0 Å². The first-order valence-electron chi connectivity index (χ1n) is 3.98. The van der Waals surface area contributed by atoms with Gasteiger partial charge in [0.1, 0.15) is 0 Å². The van der Waals surface area contributed by atoms with Crippen molar-refractivity contribution in [2.24, 2.45) is 0 Å². The molecule has 0 heterocycles. The van der Waals surface area contributed by atoms with Gasteiger partial charge in [-0.2, -0.15) is 4.63 Å². The summed E-state index contributed by atoms with van der Waals surface area (Å²) in [7, 11) is -12.4. The van der Waals surface area contributed by atoms with Crippen molar-refractivity contribution in [1.82, 2.24) is 0 Å². The molecule has 0 aromatic heterocycles. The van der Waals surface area contributed by atoms with Gasteiger partial charge >= 0.3 is 16.8 Å². The molecule has 0 aliphatic heterocycles. The van der Waals surface area contributed by atoms with Gasteiger partial charge in [0.15, 0.2) is 0 Å². The molecule has 0 aliphatic rings. The van der Waals surface area contributed by atoms with E-state index in [1.165, 1.54) is 24.3 Å².